The summed E-state index contributed by atoms with van der Waals surface area (Å²) < 4.78 is 0. The summed E-state index contributed by atoms with van der Waals surface area (Å²) in [6.07, 6.45) is 15.9. The second-order valence-corrected chi connectivity index (χ2v) is 6.38. The van der Waals surface area contributed by atoms with Gasteiger partial charge in [-0.05, 0) is 25.2 Å². The zero-order valence-corrected chi connectivity index (χ0v) is 13.2. The van der Waals surface area contributed by atoms with Gasteiger partial charge in [0.1, 0.15) is 0 Å². The monoisotopic (exact) mass is 283 g/mol. The summed E-state index contributed by atoms with van der Waals surface area (Å²) in [6.45, 7) is 2.26. The molecule has 0 bridgehead atoms. The third-order valence-corrected chi connectivity index (χ3v) is 4.53. The van der Waals surface area contributed by atoms with Crippen molar-refractivity contribution in [2.75, 3.05) is 0 Å². The molecule has 3 heteroatoms. The van der Waals surface area contributed by atoms with Gasteiger partial charge in [0.25, 0.3) is 0 Å². The van der Waals surface area contributed by atoms with E-state index in [2.05, 4.69) is 12.1 Å². The Hall–Kier alpha value is -0.570. The maximum Gasteiger partial charge on any atom is 0.0957 e. The Kier molecular flexibility index (Phi) is 9.73. The Balaban J connectivity index is 1.86. The third-order valence-electron chi connectivity index (χ3n) is 4.53. The van der Waals surface area contributed by atoms with Crippen LogP contribution in [0.3, 0.4) is 0 Å². The quantitative estimate of drug-likeness (QED) is 0.322. The number of hydrogen-bond donors (Lipinski definition) is 2. The van der Waals surface area contributed by atoms with Crippen molar-refractivity contribution in [1.29, 1.82) is 0 Å². The first-order valence-electron chi connectivity index (χ1n) is 8.66. The Morgan fingerprint density at radius 1 is 0.950 bits per heavy atom. The molecule has 2 N–H and O–H groups in total. The average molecular weight is 283 g/mol. The van der Waals surface area contributed by atoms with Crippen molar-refractivity contribution in [3.05, 3.63) is 0 Å². The Bertz CT molecular complexity index is 266. The van der Waals surface area contributed by atoms with Gasteiger partial charge in [-0.2, -0.15) is 0 Å². The van der Waals surface area contributed by atoms with Gasteiger partial charge in [-0.15, -0.1) is 0 Å². The van der Waals surface area contributed by atoms with E-state index in [1.54, 1.807) is 0 Å². The summed E-state index contributed by atoms with van der Waals surface area (Å²) in [5.41, 5.74) is 0.585. The standard InChI is InChI=1S/C17H33NO2/c1-2-3-4-5-6-7-8-9-10-11-12-15-13-16(18-20)17(19)14-15/h15,17,19-20H,2-14H2,1H3/b18-16-. The fraction of sp³-hybridized carbons (Fsp3) is 0.941. The Morgan fingerprint density at radius 2 is 1.50 bits per heavy atom. The van der Waals surface area contributed by atoms with E-state index in [1.807, 2.05) is 0 Å². The molecule has 1 rings (SSSR count). The largest absolute Gasteiger partial charge is 0.411 e. The fourth-order valence-corrected chi connectivity index (χ4v) is 3.21. The van der Waals surface area contributed by atoms with Crippen LogP contribution in [0, 0.1) is 5.92 Å². The van der Waals surface area contributed by atoms with E-state index in [9.17, 15) is 5.11 Å². The van der Waals surface area contributed by atoms with E-state index in [1.165, 1.54) is 70.6 Å². The predicted octanol–water partition coefficient (Wildman–Crippen LogP) is 4.90. The molecule has 1 aliphatic carbocycles. The van der Waals surface area contributed by atoms with Gasteiger partial charge in [0.2, 0.25) is 0 Å². The molecule has 20 heavy (non-hydrogen) atoms. The topological polar surface area (TPSA) is 52.8 Å². The molecule has 0 aromatic rings. The summed E-state index contributed by atoms with van der Waals surface area (Å²) in [5.74, 6) is 0.532. The van der Waals surface area contributed by atoms with Crippen LogP contribution in [-0.2, 0) is 0 Å². The highest BCUT2D eigenvalue weighted by atomic mass is 16.4. The molecule has 0 spiro atoms. The normalized spacial score (nSPS) is 24.6. The summed E-state index contributed by atoms with van der Waals surface area (Å²) in [7, 11) is 0. The van der Waals surface area contributed by atoms with Crippen molar-refractivity contribution < 1.29 is 10.3 Å². The lowest BCUT2D eigenvalue weighted by Crippen LogP contribution is -2.11. The third kappa shape index (κ3) is 7.28. The number of unbranched alkanes of at least 4 members (excludes halogenated alkanes) is 9. The number of aliphatic hydroxyl groups excluding tert-OH is 1. The van der Waals surface area contributed by atoms with Gasteiger partial charge in [-0.25, -0.2) is 0 Å². The molecular weight excluding hydrogens is 250 g/mol. The number of nitrogens with zero attached hydrogens (tertiary/aromatic N) is 1. The molecule has 1 saturated carbocycles. The maximum atomic E-state index is 9.63. The highest BCUT2D eigenvalue weighted by molar-refractivity contribution is 5.90. The van der Waals surface area contributed by atoms with Crippen LogP contribution in [0.1, 0.15) is 90.4 Å². The zero-order valence-electron chi connectivity index (χ0n) is 13.2. The fourth-order valence-electron chi connectivity index (χ4n) is 3.21. The number of aliphatic hydroxyl groups is 1. The van der Waals surface area contributed by atoms with Crippen LogP contribution >= 0.6 is 0 Å². The van der Waals surface area contributed by atoms with Gasteiger partial charge < -0.3 is 10.3 Å². The molecule has 3 nitrogen and oxygen atoms in total. The molecule has 0 aliphatic heterocycles. The van der Waals surface area contributed by atoms with E-state index >= 15 is 0 Å². The van der Waals surface area contributed by atoms with Crippen LogP contribution in [0.4, 0.5) is 0 Å². The van der Waals surface area contributed by atoms with Gasteiger partial charge in [0.15, 0.2) is 0 Å². The highest BCUT2D eigenvalue weighted by Crippen LogP contribution is 2.28. The average Bonchev–Trinajstić information content (AvgIpc) is 2.81. The SMILES string of the molecule is CCCCCCCCCCCCC1C/C(=N/O)C(O)C1. The Morgan fingerprint density at radius 3 is 2.00 bits per heavy atom. The molecule has 0 aromatic carbocycles. The molecule has 0 amide bonds. The van der Waals surface area contributed by atoms with Crippen molar-refractivity contribution >= 4 is 5.71 Å². The lowest BCUT2D eigenvalue weighted by Gasteiger charge is -2.07. The lowest BCUT2D eigenvalue weighted by atomic mass is 9.98. The summed E-state index contributed by atoms with van der Waals surface area (Å²) in [4.78, 5) is 0. The summed E-state index contributed by atoms with van der Waals surface area (Å²) in [5, 5.41) is 21.5. The molecule has 2 unspecified atom stereocenters. The molecule has 0 heterocycles. The number of oxime groups is 1. The van der Waals surface area contributed by atoms with E-state index in [-0.39, 0.29) is 0 Å². The first-order chi connectivity index (χ1) is 9.77. The first kappa shape index (κ1) is 17.5. The van der Waals surface area contributed by atoms with Crippen LogP contribution in [0.5, 0.6) is 0 Å². The second kappa shape index (κ2) is 11.1. The number of rotatable bonds is 11. The van der Waals surface area contributed by atoms with Crippen LogP contribution < -0.4 is 0 Å². The van der Waals surface area contributed by atoms with Crippen molar-refractivity contribution in [1.82, 2.24) is 0 Å². The van der Waals surface area contributed by atoms with Gasteiger partial charge >= 0.3 is 0 Å². The molecule has 0 aromatic heterocycles. The van der Waals surface area contributed by atoms with E-state index in [0.717, 1.165) is 12.8 Å². The van der Waals surface area contributed by atoms with Crippen molar-refractivity contribution in [2.24, 2.45) is 11.1 Å². The molecule has 1 aliphatic rings. The summed E-state index contributed by atoms with van der Waals surface area (Å²) in [6, 6.07) is 0. The molecule has 118 valence electrons. The molecule has 0 radical (unpaired) electrons. The number of hydrogen-bond acceptors (Lipinski definition) is 3. The minimum atomic E-state index is -0.492. The zero-order chi connectivity index (χ0) is 14.6. The molecule has 2 atom stereocenters. The van der Waals surface area contributed by atoms with E-state index in [4.69, 9.17) is 5.21 Å². The van der Waals surface area contributed by atoms with Crippen LogP contribution in [0.2, 0.25) is 0 Å². The molecule has 1 fully saturated rings. The van der Waals surface area contributed by atoms with Crippen molar-refractivity contribution in [3.8, 4) is 0 Å². The van der Waals surface area contributed by atoms with Crippen molar-refractivity contribution in [3.63, 3.8) is 0 Å². The van der Waals surface area contributed by atoms with Crippen LogP contribution in [-0.4, -0.2) is 22.1 Å². The smallest absolute Gasteiger partial charge is 0.0957 e. The van der Waals surface area contributed by atoms with E-state index < -0.39 is 6.10 Å². The Labute approximate surface area is 124 Å². The van der Waals surface area contributed by atoms with Crippen molar-refractivity contribution in [2.45, 2.75) is 96.5 Å². The van der Waals surface area contributed by atoms with Gasteiger partial charge in [0.05, 0.1) is 11.8 Å². The highest BCUT2D eigenvalue weighted by Gasteiger charge is 2.28. The van der Waals surface area contributed by atoms with Gasteiger partial charge in [-0.3, -0.25) is 0 Å². The predicted molar refractivity (Wildman–Crippen MR) is 84.4 cm³/mol. The molecule has 0 saturated heterocycles. The minimum Gasteiger partial charge on any atom is -0.411 e. The summed E-state index contributed by atoms with van der Waals surface area (Å²) >= 11 is 0. The second-order valence-electron chi connectivity index (χ2n) is 6.38. The van der Waals surface area contributed by atoms with E-state index in [0.29, 0.717) is 11.6 Å². The van der Waals surface area contributed by atoms with Gasteiger partial charge in [-0.1, -0.05) is 76.3 Å². The first-order valence-corrected chi connectivity index (χ1v) is 8.66. The minimum absolute atomic E-state index is 0.492. The lowest BCUT2D eigenvalue weighted by molar-refractivity contribution is 0.218. The maximum absolute atomic E-state index is 9.63. The van der Waals surface area contributed by atoms with Crippen LogP contribution in [0.25, 0.3) is 0 Å². The molecular formula is C17H33NO2. The van der Waals surface area contributed by atoms with Gasteiger partial charge in [0, 0.05) is 0 Å². The van der Waals surface area contributed by atoms with Crippen LogP contribution in [0.15, 0.2) is 5.16 Å².